The van der Waals surface area contributed by atoms with E-state index < -0.39 is 0 Å². The second kappa shape index (κ2) is 5.60. The monoisotopic (exact) mass is 311 g/mol. The van der Waals surface area contributed by atoms with Gasteiger partial charge in [-0.1, -0.05) is 34.1 Å². The second-order valence-electron chi connectivity index (χ2n) is 3.99. The maximum Gasteiger partial charge on any atom is 0.202 e. The maximum absolute atomic E-state index is 4.30. The molecule has 17 heavy (non-hydrogen) atoms. The number of anilines is 1. The number of halogens is 1. The van der Waals surface area contributed by atoms with Crippen molar-refractivity contribution in [2.24, 2.45) is 0 Å². The molecule has 0 amide bonds. The summed E-state index contributed by atoms with van der Waals surface area (Å²) < 4.78 is 5.31. The number of hydrogen-bond acceptors (Lipinski definition) is 4. The quantitative estimate of drug-likeness (QED) is 0.936. The highest BCUT2D eigenvalue weighted by atomic mass is 79.9. The predicted octanol–water partition coefficient (Wildman–Crippen LogP) is 3.65. The van der Waals surface area contributed by atoms with Crippen LogP contribution in [0.4, 0.5) is 5.13 Å². The van der Waals surface area contributed by atoms with Crippen LogP contribution in [0.15, 0.2) is 28.7 Å². The van der Waals surface area contributed by atoms with Gasteiger partial charge in [0.05, 0.1) is 0 Å². The number of nitrogens with one attached hydrogen (secondary N) is 1. The van der Waals surface area contributed by atoms with Crippen molar-refractivity contribution < 1.29 is 0 Å². The summed E-state index contributed by atoms with van der Waals surface area (Å²) in [5.41, 5.74) is 1.30. The molecule has 0 radical (unpaired) electrons. The van der Waals surface area contributed by atoms with Crippen molar-refractivity contribution in [1.29, 1.82) is 0 Å². The Hall–Kier alpha value is -0.940. The molecule has 90 valence electrons. The SMILES string of the molecule is Cc1nsc(NC(C)Cc2ccccc2Br)n1. The summed E-state index contributed by atoms with van der Waals surface area (Å²) in [7, 11) is 0. The third kappa shape index (κ3) is 3.51. The molecule has 0 aliphatic heterocycles. The summed E-state index contributed by atoms with van der Waals surface area (Å²) in [6, 6.07) is 8.62. The van der Waals surface area contributed by atoms with Gasteiger partial charge in [0.2, 0.25) is 5.13 Å². The fourth-order valence-electron chi connectivity index (χ4n) is 1.61. The highest BCUT2D eigenvalue weighted by Crippen LogP contribution is 2.19. The first kappa shape index (κ1) is 12.5. The zero-order valence-corrected chi connectivity index (χ0v) is 12.2. The number of nitrogens with zero attached hydrogens (tertiary/aromatic N) is 2. The van der Waals surface area contributed by atoms with Crippen LogP contribution in [-0.2, 0) is 6.42 Å². The summed E-state index contributed by atoms with van der Waals surface area (Å²) in [6.07, 6.45) is 0.958. The summed E-state index contributed by atoms with van der Waals surface area (Å²) in [5.74, 6) is 0.825. The lowest BCUT2D eigenvalue weighted by Gasteiger charge is -2.13. The molecular weight excluding hydrogens is 298 g/mol. The number of benzene rings is 1. The molecular formula is C12H14BrN3S. The van der Waals surface area contributed by atoms with E-state index in [2.05, 4.69) is 55.7 Å². The normalized spacial score (nSPS) is 12.4. The fraction of sp³-hybridized carbons (Fsp3) is 0.333. The Morgan fingerprint density at radius 3 is 2.82 bits per heavy atom. The van der Waals surface area contributed by atoms with E-state index in [-0.39, 0.29) is 0 Å². The lowest BCUT2D eigenvalue weighted by atomic mass is 10.1. The molecule has 0 aliphatic carbocycles. The lowest BCUT2D eigenvalue weighted by Crippen LogP contribution is -2.18. The van der Waals surface area contributed by atoms with E-state index in [1.807, 2.05) is 13.0 Å². The molecule has 0 bridgehead atoms. The average Bonchev–Trinajstić information content (AvgIpc) is 2.67. The van der Waals surface area contributed by atoms with Gasteiger partial charge in [-0.15, -0.1) is 0 Å². The van der Waals surface area contributed by atoms with E-state index in [0.717, 1.165) is 21.8 Å². The molecule has 5 heteroatoms. The van der Waals surface area contributed by atoms with Gasteiger partial charge in [-0.2, -0.15) is 4.37 Å². The summed E-state index contributed by atoms with van der Waals surface area (Å²) in [6.45, 7) is 4.05. The van der Waals surface area contributed by atoms with Gasteiger partial charge in [0.25, 0.3) is 0 Å². The Labute approximate surface area is 114 Å². The van der Waals surface area contributed by atoms with Crippen molar-refractivity contribution in [1.82, 2.24) is 9.36 Å². The van der Waals surface area contributed by atoms with Crippen molar-refractivity contribution in [2.75, 3.05) is 5.32 Å². The van der Waals surface area contributed by atoms with Crippen LogP contribution in [0, 0.1) is 6.92 Å². The topological polar surface area (TPSA) is 37.8 Å². The smallest absolute Gasteiger partial charge is 0.202 e. The Morgan fingerprint density at radius 1 is 1.41 bits per heavy atom. The molecule has 0 fully saturated rings. The molecule has 1 aromatic heterocycles. The zero-order chi connectivity index (χ0) is 12.3. The Kier molecular flexibility index (Phi) is 4.12. The summed E-state index contributed by atoms with van der Waals surface area (Å²) in [4.78, 5) is 4.30. The molecule has 0 saturated carbocycles. The molecule has 1 heterocycles. The van der Waals surface area contributed by atoms with Gasteiger partial charge in [-0.25, -0.2) is 4.98 Å². The number of aromatic nitrogens is 2. The van der Waals surface area contributed by atoms with E-state index >= 15 is 0 Å². The fourth-order valence-corrected chi connectivity index (χ4v) is 2.74. The van der Waals surface area contributed by atoms with Crippen LogP contribution in [0.25, 0.3) is 0 Å². The van der Waals surface area contributed by atoms with E-state index in [0.29, 0.717) is 6.04 Å². The predicted molar refractivity (Wildman–Crippen MR) is 75.6 cm³/mol. The van der Waals surface area contributed by atoms with E-state index in [1.54, 1.807) is 0 Å². The van der Waals surface area contributed by atoms with Crippen molar-refractivity contribution in [3.05, 3.63) is 40.1 Å². The molecule has 0 saturated heterocycles. The molecule has 1 atom stereocenters. The molecule has 0 aliphatic rings. The number of rotatable bonds is 4. The van der Waals surface area contributed by atoms with Gasteiger partial charge in [0, 0.05) is 22.0 Å². The summed E-state index contributed by atoms with van der Waals surface area (Å²) in [5, 5.41) is 4.25. The van der Waals surface area contributed by atoms with Crippen LogP contribution in [0.5, 0.6) is 0 Å². The molecule has 2 aromatic rings. The van der Waals surface area contributed by atoms with Gasteiger partial charge in [0.15, 0.2) is 0 Å². The average molecular weight is 312 g/mol. The first-order valence-corrected chi connectivity index (χ1v) is 7.02. The van der Waals surface area contributed by atoms with Crippen molar-refractivity contribution in [3.8, 4) is 0 Å². The Bertz CT molecular complexity index is 498. The Morgan fingerprint density at radius 2 is 2.18 bits per heavy atom. The second-order valence-corrected chi connectivity index (χ2v) is 5.59. The summed E-state index contributed by atoms with van der Waals surface area (Å²) >= 11 is 4.97. The molecule has 3 nitrogen and oxygen atoms in total. The lowest BCUT2D eigenvalue weighted by molar-refractivity contribution is 0.785. The van der Waals surface area contributed by atoms with Crippen molar-refractivity contribution in [2.45, 2.75) is 26.3 Å². The Balaban J connectivity index is 1.98. The minimum absolute atomic E-state index is 0.334. The zero-order valence-electron chi connectivity index (χ0n) is 9.77. The van der Waals surface area contributed by atoms with Crippen LogP contribution >= 0.6 is 27.5 Å². The maximum atomic E-state index is 4.30. The van der Waals surface area contributed by atoms with Crippen LogP contribution in [0.1, 0.15) is 18.3 Å². The minimum atomic E-state index is 0.334. The third-order valence-electron chi connectivity index (χ3n) is 2.38. The van der Waals surface area contributed by atoms with Crippen LogP contribution < -0.4 is 5.32 Å². The van der Waals surface area contributed by atoms with Gasteiger partial charge < -0.3 is 5.32 Å². The molecule has 1 N–H and O–H groups in total. The number of hydrogen-bond donors (Lipinski definition) is 1. The van der Waals surface area contributed by atoms with E-state index in [9.17, 15) is 0 Å². The highest BCUT2D eigenvalue weighted by Gasteiger charge is 2.08. The largest absolute Gasteiger partial charge is 0.357 e. The van der Waals surface area contributed by atoms with Crippen LogP contribution in [-0.4, -0.2) is 15.4 Å². The molecule has 1 aromatic carbocycles. The first-order chi connectivity index (χ1) is 8.15. The standard InChI is InChI=1S/C12H14BrN3S/c1-8(14-12-15-9(2)16-17-12)7-10-5-3-4-6-11(10)13/h3-6,8H,7H2,1-2H3,(H,14,15,16). The molecule has 1 unspecified atom stereocenters. The minimum Gasteiger partial charge on any atom is -0.357 e. The third-order valence-corrected chi connectivity index (χ3v) is 3.89. The van der Waals surface area contributed by atoms with Crippen LogP contribution in [0.3, 0.4) is 0 Å². The van der Waals surface area contributed by atoms with Crippen LogP contribution in [0.2, 0.25) is 0 Å². The van der Waals surface area contributed by atoms with Crippen molar-refractivity contribution >= 4 is 32.6 Å². The van der Waals surface area contributed by atoms with Gasteiger partial charge in [0.1, 0.15) is 5.82 Å². The highest BCUT2D eigenvalue weighted by molar-refractivity contribution is 9.10. The van der Waals surface area contributed by atoms with E-state index in [1.165, 1.54) is 17.1 Å². The van der Waals surface area contributed by atoms with E-state index in [4.69, 9.17) is 0 Å². The van der Waals surface area contributed by atoms with Gasteiger partial charge in [-0.05, 0) is 31.9 Å². The number of aryl methyl sites for hydroxylation is 1. The van der Waals surface area contributed by atoms with Gasteiger partial charge >= 0.3 is 0 Å². The molecule has 2 rings (SSSR count). The molecule has 0 spiro atoms. The first-order valence-electron chi connectivity index (χ1n) is 5.45. The van der Waals surface area contributed by atoms with Crippen molar-refractivity contribution in [3.63, 3.8) is 0 Å². The van der Waals surface area contributed by atoms with Gasteiger partial charge in [-0.3, -0.25) is 0 Å².